The molecular weight excluding hydrogens is 338 g/mol. The molecule has 2 saturated heterocycles. The highest BCUT2D eigenvalue weighted by Gasteiger charge is 2.33. The Kier molecular flexibility index (Phi) is 5.33. The molecule has 1 aromatic carbocycles. The number of nitrogens with zero attached hydrogens (tertiary/aromatic N) is 2. The van der Waals surface area contributed by atoms with Crippen molar-refractivity contribution in [2.24, 2.45) is 0 Å². The first-order valence-electron chi connectivity index (χ1n) is 8.81. The largest absolute Gasteiger partial charge is 0.442 e. The lowest BCUT2D eigenvalue weighted by Gasteiger charge is -2.38. The molecular formula is C18H25N3O5. The smallest absolute Gasteiger partial charge is 0.414 e. The van der Waals surface area contributed by atoms with E-state index in [1.807, 2.05) is 24.3 Å². The highest BCUT2D eigenvalue weighted by Crippen LogP contribution is 2.29. The minimum atomic E-state index is -0.974. The minimum absolute atomic E-state index is 0.154. The van der Waals surface area contributed by atoms with E-state index in [-0.39, 0.29) is 18.6 Å². The molecule has 0 unspecified atom stereocenters. The van der Waals surface area contributed by atoms with Crippen LogP contribution in [0.25, 0.3) is 0 Å². The zero-order valence-corrected chi connectivity index (χ0v) is 14.9. The third-order valence-corrected chi connectivity index (χ3v) is 4.97. The van der Waals surface area contributed by atoms with E-state index in [1.165, 1.54) is 6.92 Å². The Labute approximate surface area is 152 Å². The number of carbonyl (C=O) groups excluding carboxylic acids is 2. The zero-order valence-electron chi connectivity index (χ0n) is 14.9. The molecule has 2 aliphatic rings. The number of hydrogen-bond donors (Lipinski definition) is 3. The van der Waals surface area contributed by atoms with E-state index in [9.17, 15) is 19.8 Å². The SMILES string of the molecule is CC(=O)NC[C@H]1CN(c2ccc(N3CCC(O)(CO)CC3)cc2)C(=O)O1. The molecule has 0 saturated carbocycles. The predicted molar refractivity (Wildman–Crippen MR) is 96.2 cm³/mol. The number of carbonyl (C=O) groups is 2. The average Bonchev–Trinajstić information content (AvgIpc) is 3.02. The lowest BCUT2D eigenvalue weighted by molar-refractivity contribution is -0.119. The van der Waals surface area contributed by atoms with Crippen LogP contribution in [0, 0.1) is 0 Å². The fraction of sp³-hybridized carbons (Fsp3) is 0.556. The van der Waals surface area contributed by atoms with E-state index in [0.29, 0.717) is 39.0 Å². The first-order chi connectivity index (χ1) is 12.4. The molecule has 1 aromatic rings. The molecule has 0 radical (unpaired) electrons. The molecule has 0 spiro atoms. The van der Waals surface area contributed by atoms with Crippen molar-refractivity contribution in [2.45, 2.75) is 31.5 Å². The third kappa shape index (κ3) is 4.08. The number of ether oxygens (including phenoxy) is 1. The number of aliphatic hydroxyl groups excluding tert-OH is 1. The Morgan fingerprint density at radius 2 is 1.88 bits per heavy atom. The van der Waals surface area contributed by atoms with Crippen LogP contribution in [0.4, 0.5) is 16.2 Å². The van der Waals surface area contributed by atoms with Gasteiger partial charge in [0.25, 0.3) is 0 Å². The van der Waals surface area contributed by atoms with Crippen molar-refractivity contribution in [3.63, 3.8) is 0 Å². The van der Waals surface area contributed by atoms with Crippen molar-refractivity contribution in [1.29, 1.82) is 0 Å². The van der Waals surface area contributed by atoms with E-state index in [2.05, 4.69) is 10.2 Å². The average molecular weight is 363 g/mol. The number of amides is 2. The number of anilines is 2. The van der Waals surface area contributed by atoms with Crippen LogP contribution < -0.4 is 15.1 Å². The summed E-state index contributed by atoms with van der Waals surface area (Å²) >= 11 is 0. The van der Waals surface area contributed by atoms with Gasteiger partial charge in [-0.3, -0.25) is 9.69 Å². The van der Waals surface area contributed by atoms with E-state index < -0.39 is 11.7 Å². The molecule has 3 rings (SSSR count). The lowest BCUT2D eigenvalue weighted by atomic mass is 9.92. The second-order valence-electron chi connectivity index (χ2n) is 6.94. The Hall–Kier alpha value is -2.32. The van der Waals surface area contributed by atoms with Gasteiger partial charge in [0, 0.05) is 31.4 Å². The quantitative estimate of drug-likeness (QED) is 0.703. The topological polar surface area (TPSA) is 102 Å². The van der Waals surface area contributed by atoms with E-state index in [4.69, 9.17) is 4.74 Å². The summed E-state index contributed by atoms with van der Waals surface area (Å²) in [5.41, 5.74) is 0.780. The van der Waals surface area contributed by atoms with E-state index in [0.717, 1.165) is 11.4 Å². The number of hydrogen-bond acceptors (Lipinski definition) is 6. The zero-order chi connectivity index (χ0) is 18.7. The Morgan fingerprint density at radius 3 is 2.46 bits per heavy atom. The molecule has 0 bridgehead atoms. The summed E-state index contributed by atoms with van der Waals surface area (Å²) in [6, 6.07) is 7.61. The molecule has 8 heteroatoms. The van der Waals surface area contributed by atoms with Crippen molar-refractivity contribution in [3.05, 3.63) is 24.3 Å². The van der Waals surface area contributed by atoms with Gasteiger partial charge in [-0.15, -0.1) is 0 Å². The van der Waals surface area contributed by atoms with Crippen LogP contribution in [-0.2, 0) is 9.53 Å². The first-order valence-corrected chi connectivity index (χ1v) is 8.81. The van der Waals surface area contributed by atoms with Crippen LogP contribution in [0.2, 0.25) is 0 Å². The van der Waals surface area contributed by atoms with Gasteiger partial charge in [0.15, 0.2) is 0 Å². The Bertz CT molecular complexity index is 655. The molecule has 2 heterocycles. The maximum Gasteiger partial charge on any atom is 0.414 e. The summed E-state index contributed by atoms with van der Waals surface area (Å²) in [6.45, 7) is 3.25. The van der Waals surface area contributed by atoms with Crippen molar-refractivity contribution in [2.75, 3.05) is 42.6 Å². The lowest BCUT2D eigenvalue weighted by Crippen LogP contribution is -2.46. The molecule has 2 fully saturated rings. The van der Waals surface area contributed by atoms with Crippen LogP contribution >= 0.6 is 0 Å². The highest BCUT2D eigenvalue weighted by molar-refractivity contribution is 5.90. The van der Waals surface area contributed by atoms with E-state index >= 15 is 0 Å². The van der Waals surface area contributed by atoms with Crippen LogP contribution in [-0.4, -0.2) is 66.7 Å². The third-order valence-electron chi connectivity index (χ3n) is 4.97. The van der Waals surface area contributed by atoms with E-state index in [1.54, 1.807) is 4.90 Å². The highest BCUT2D eigenvalue weighted by atomic mass is 16.6. The van der Waals surface area contributed by atoms with Gasteiger partial charge in [-0.2, -0.15) is 0 Å². The normalized spacial score (nSPS) is 22.3. The number of rotatable bonds is 5. The second kappa shape index (κ2) is 7.51. The monoisotopic (exact) mass is 363 g/mol. The summed E-state index contributed by atoms with van der Waals surface area (Å²) < 4.78 is 5.27. The summed E-state index contributed by atoms with van der Waals surface area (Å²) in [7, 11) is 0. The first kappa shape index (κ1) is 18.5. The number of aliphatic hydroxyl groups is 2. The van der Waals surface area contributed by atoms with Crippen LogP contribution in [0.5, 0.6) is 0 Å². The summed E-state index contributed by atoms with van der Waals surface area (Å²) in [5, 5.41) is 22.0. The Balaban J connectivity index is 1.60. The number of piperidine rings is 1. The van der Waals surface area contributed by atoms with Crippen LogP contribution in [0.1, 0.15) is 19.8 Å². The molecule has 3 N–H and O–H groups in total. The Morgan fingerprint density at radius 1 is 1.27 bits per heavy atom. The standard InChI is InChI=1S/C18H25N3O5/c1-13(23)19-10-16-11-21(17(24)26-16)15-4-2-14(3-5-15)20-8-6-18(25,12-22)7-9-20/h2-5,16,22,25H,6-12H2,1H3,(H,19,23)/t16-/m0/s1. The van der Waals surface area contributed by atoms with Gasteiger partial charge in [0.2, 0.25) is 5.91 Å². The van der Waals surface area contributed by atoms with Gasteiger partial charge < -0.3 is 25.2 Å². The summed E-state index contributed by atoms with van der Waals surface area (Å²) in [5.74, 6) is -0.154. The van der Waals surface area contributed by atoms with Gasteiger partial charge >= 0.3 is 6.09 Å². The molecule has 142 valence electrons. The molecule has 0 aromatic heterocycles. The number of nitrogens with one attached hydrogen (secondary N) is 1. The van der Waals surface area contributed by atoms with Gasteiger partial charge in [0.1, 0.15) is 6.10 Å². The summed E-state index contributed by atoms with van der Waals surface area (Å²) in [4.78, 5) is 26.7. The van der Waals surface area contributed by atoms with Crippen molar-refractivity contribution in [1.82, 2.24) is 5.32 Å². The van der Waals surface area contributed by atoms with Gasteiger partial charge in [-0.05, 0) is 37.1 Å². The summed E-state index contributed by atoms with van der Waals surface area (Å²) in [6.07, 6.45) is 0.270. The number of cyclic esters (lactones) is 1. The predicted octanol–water partition coefficient (Wildman–Crippen LogP) is 0.472. The fourth-order valence-corrected chi connectivity index (χ4v) is 3.28. The van der Waals surface area contributed by atoms with Crippen molar-refractivity contribution < 1.29 is 24.5 Å². The maximum absolute atomic E-state index is 12.1. The maximum atomic E-state index is 12.1. The number of benzene rings is 1. The van der Waals surface area contributed by atoms with Gasteiger partial charge in [-0.25, -0.2) is 4.79 Å². The minimum Gasteiger partial charge on any atom is -0.442 e. The molecule has 1 atom stereocenters. The van der Waals surface area contributed by atoms with Gasteiger partial charge in [-0.1, -0.05) is 0 Å². The van der Waals surface area contributed by atoms with Crippen LogP contribution in [0.15, 0.2) is 24.3 Å². The second-order valence-corrected chi connectivity index (χ2v) is 6.94. The molecule has 0 aliphatic carbocycles. The molecule has 26 heavy (non-hydrogen) atoms. The van der Waals surface area contributed by atoms with Crippen LogP contribution in [0.3, 0.4) is 0 Å². The van der Waals surface area contributed by atoms with Crippen molar-refractivity contribution in [3.8, 4) is 0 Å². The fourth-order valence-electron chi connectivity index (χ4n) is 3.28. The van der Waals surface area contributed by atoms with Crippen molar-refractivity contribution >= 4 is 23.4 Å². The van der Waals surface area contributed by atoms with Gasteiger partial charge in [0.05, 0.1) is 25.3 Å². The molecule has 8 nitrogen and oxygen atoms in total. The molecule has 2 aliphatic heterocycles. The molecule has 2 amide bonds.